The molecule has 3 nitrogen and oxygen atoms in total. The number of nitrogens with one attached hydrogen (secondary N) is 1. The number of carbonyl (C=O) groups is 1. The van der Waals surface area contributed by atoms with Gasteiger partial charge in [-0.05, 0) is 44.7 Å². The lowest BCUT2D eigenvalue weighted by Crippen LogP contribution is -2.15. The highest BCUT2D eigenvalue weighted by atomic mass is 16.5. The molecule has 0 radical (unpaired) electrons. The molecule has 1 amide bonds. The van der Waals surface area contributed by atoms with E-state index in [4.69, 9.17) is 4.74 Å². The van der Waals surface area contributed by atoms with Crippen LogP contribution in [0.1, 0.15) is 46.0 Å². The standard InChI is InChI=1S/C16H23NO2/c1-12(2)19-15-9-5-8-14(11-15)17-16(18)10-13-6-3-4-7-13/h5,8-9,11-13H,3-4,6-7,10H2,1-2H3,(H,17,18). The minimum absolute atomic E-state index is 0.119. The summed E-state index contributed by atoms with van der Waals surface area (Å²) in [4.78, 5) is 12.0. The molecule has 1 aromatic carbocycles. The molecular weight excluding hydrogens is 238 g/mol. The predicted molar refractivity (Wildman–Crippen MR) is 77.4 cm³/mol. The van der Waals surface area contributed by atoms with E-state index in [1.54, 1.807) is 0 Å². The SMILES string of the molecule is CC(C)Oc1cccc(NC(=O)CC2CCCC2)c1. The first-order valence-electron chi connectivity index (χ1n) is 7.20. The second-order valence-corrected chi connectivity index (χ2v) is 5.60. The fourth-order valence-corrected chi connectivity index (χ4v) is 2.61. The molecule has 1 aromatic rings. The van der Waals surface area contributed by atoms with E-state index in [0.29, 0.717) is 12.3 Å². The van der Waals surface area contributed by atoms with Gasteiger partial charge in [-0.3, -0.25) is 4.79 Å². The van der Waals surface area contributed by atoms with Gasteiger partial charge in [0.2, 0.25) is 5.91 Å². The summed E-state index contributed by atoms with van der Waals surface area (Å²) in [6.07, 6.45) is 5.73. The molecule has 0 aromatic heterocycles. The maximum atomic E-state index is 12.0. The minimum Gasteiger partial charge on any atom is -0.491 e. The van der Waals surface area contributed by atoms with Gasteiger partial charge >= 0.3 is 0 Å². The van der Waals surface area contributed by atoms with Crippen LogP contribution in [0.2, 0.25) is 0 Å². The van der Waals surface area contributed by atoms with E-state index in [2.05, 4.69) is 5.32 Å². The second-order valence-electron chi connectivity index (χ2n) is 5.60. The molecule has 1 N–H and O–H groups in total. The van der Waals surface area contributed by atoms with Crippen molar-refractivity contribution in [3.8, 4) is 5.75 Å². The van der Waals surface area contributed by atoms with Crippen LogP contribution in [0.25, 0.3) is 0 Å². The highest BCUT2D eigenvalue weighted by Gasteiger charge is 2.18. The molecule has 0 spiro atoms. The largest absolute Gasteiger partial charge is 0.491 e. The number of benzene rings is 1. The zero-order valence-electron chi connectivity index (χ0n) is 11.8. The lowest BCUT2D eigenvalue weighted by molar-refractivity contribution is -0.117. The minimum atomic E-state index is 0.119. The third-order valence-corrected chi connectivity index (χ3v) is 3.44. The first-order chi connectivity index (χ1) is 9.13. The van der Waals surface area contributed by atoms with E-state index in [-0.39, 0.29) is 12.0 Å². The molecule has 0 saturated heterocycles. The molecule has 0 atom stereocenters. The average Bonchev–Trinajstić information content (AvgIpc) is 2.81. The van der Waals surface area contributed by atoms with Crippen molar-refractivity contribution in [2.75, 3.05) is 5.32 Å². The molecule has 0 aliphatic heterocycles. The average molecular weight is 261 g/mol. The van der Waals surface area contributed by atoms with Crippen molar-refractivity contribution in [3.05, 3.63) is 24.3 Å². The van der Waals surface area contributed by atoms with Crippen LogP contribution in [0.4, 0.5) is 5.69 Å². The molecule has 2 rings (SSSR count). The smallest absolute Gasteiger partial charge is 0.224 e. The van der Waals surface area contributed by atoms with Crippen LogP contribution < -0.4 is 10.1 Å². The summed E-state index contributed by atoms with van der Waals surface area (Å²) in [5.74, 6) is 1.50. The van der Waals surface area contributed by atoms with Crippen molar-refractivity contribution in [1.82, 2.24) is 0 Å². The summed E-state index contributed by atoms with van der Waals surface area (Å²) < 4.78 is 5.62. The third-order valence-electron chi connectivity index (χ3n) is 3.44. The molecule has 0 bridgehead atoms. The number of hydrogen-bond acceptors (Lipinski definition) is 2. The molecule has 19 heavy (non-hydrogen) atoms. The monoisotopic (exact) mass is 261 g/mol. The van der Waals surface area contributed by atoms with Gasteiger partial charge in [0.1, 0.15) is 5.75 Å². The molecular formula is C16H23NO2. The van der Waals surface area contributed by atoms with Crippen molar-refractivity contribution in [1.29, 1.82) is 0 Å². The second kappa shape index (κ2) is 6.60. The molecule has 0 heterocycles. The van der Waals surface area contributed by atoms with Crippen molar-refractivity contribution < 1.29 is 9.53 Å². The third kappa shape index (κ3) is 4.58. The Morgan fingerprint density at radius 1 is 1.37 bits per heavy atom. The van der Waals surface area contributed by atoms with E-state index in [1.807, 2.05) is 38.1 Å². The van der Waals surface area contributed by atoms with E-state index in [0.717, 1.165) is 11.4 Å². The zero-order chi connectivity index (χ0) is 13.7. The van der Waals surface area contributed by atoms with Crippen molar-refractivity contribution in [2.45, 2.75) is 52.1 Å². The molecule has 1 saturated carbocycles. The van der Waals surface area contributed by atoms with Crippen molar-refractivity contribution in [2.24, 2.45) is 5.92 Å². The number of hydrogen-bond donors (Lipinski definition) is 1. The van der Waals surface area contributed by atoms with Crippen LogP contribution >= 0.6 is 0 Å². The molecule has 1 aliphatic carbocycles. The number of amides is 1. The maximum Gasteiger partial charge on any atom is 0.224 e. The van der Waals surface area contributed by atoms with Gasteiger partial charge in [-0.2, -0.15) is 0 Å². The van der Waals surface area contributed by atoms with E-state index in [9.17, 15) is 4.79 Å². The summed E-state index contributed by atoms with van der Waals surface area (Å²) >= 11 is 0. The van der Waals surface area contributed by atoms with Crippen LogP contribution in [0.5, 0.6) is 5.75 Å². The lowest BCUT2D eigenvalue weighted by atomic mass is 10.0. The molecule has 104 valence electrons. The van der Waals surface area contributed by atoms with Crippen molar-refractivity contribution >= 4 is 11.6 Å². The van der Waals surface area contributed by atoms with Crippen LogP contribution in [-0.2, 0) is 4.79 Å². The Balaban J connectivity index is 1.88. The molecule has 3 heteroatoms. The van der Waals surface area contributed by atoms with Gasteiger partial charge in [0.25, 0.3) is 0 Å². The van der Waals surface area contributed by atoms with E-state index >= 15 is 0 Å². The van der Waals surface area contributed by atoms with Crippen LogP contribution in [0, 0.1) is 5.92 Å². The zero-order valence-corrected chi connectivity index (χ0v) is 11.8. The van der Waals surface area contributed by atoms with Gasteiger partial charge < -0.3 is 10.1 Å². The quantitative estimate of drug-likeness (QED) is 0.870. The number of anilines is 1. The fraction of sp³-hybridized carbons (Fsp3) is 0.562. The summed E-state index contributed by atoms with van der Waals surface area (Å²) in [6.45, 7) is 3.98. The summed E-state index contributed by atoms with van der Waals surface area (Å²) in [6, 6.07) is 7.60. The summed E-state index contributed by atoms with van der Waals surface area (Å²) in [5.41, 5.74) is 0.821. The predicted octanol–water partition coefficient (Wildman–Crippen LogP) is 3.99. The molecule has 0 unspecified atom stereocenters. The topological polar surface area (TPSA) is 38.3 Å². The molecule has 1 fully saturated rings. The van der Waals surface area contributed by atoms with Gasteiger partial charge in [-0.1, -0.05) is 18.9 Å². The number of ether oxygens (including phenoxy) is 1. The summed E-state index contributed by atoms with van der Waals surface area (Å²) in [7, 11) is 0. The van der Waals surface area contributed by atoms with E-state index < -0.39 is 0 Å². The van der Waals surface area contributed by atoms with Gasteiger partial charge in [0.15, 0.2) is 0 Å². The number of rotatable bonds is 5. The normalized spacial score (nSPS) is 15.7. The van der Waals surface area contributed by atoms with Crippen LogP contribution in [0.15, 0.2) is 24.3 Å². The van der Waals surface area contributed by atoms with Gasteiger partial charge in [-0.25, -0.2) is 0 Å². The van der Waals surface area contributed by atoms with E-state index in [1.165, 1.54) is 25.7 Å². The first-order valence-corrected chi connectivity index (χ1v) is 7.20. The van der Waals surface area contributed by atoms with Gasteiger partial charge in [-0.15, -0.1) is 0 Å². The Morgan fingerprint density at radius 2 is 2.11 bits per heavy atom. The maximum absolute atomic E-state index is 12.0. The molecule has 1 aliphatic rings. The van der Waals surface area contributed by atoms with Gasteiger partial charge in [0, 0.05) is 18.2 Å². The Hall–Kier alpha value is -1.51. The van der Waals surface area contributed by atoms with Crippen molar-refractivity contribution in [3.63, 3.8) is 0 Å². The fourth-order valence-electron chi connectivity index (χ4n) is 2.61. The highest BCUT2D eigenvalue weighted by Crippen LogP contribution is 2.28. The highest BCUT2D eigenvalue weighted by molar-refractivity contribution is 5.91. The Labute approximate surface area is 115 Å². The Morgan fingerprint density at radius 3 is 2.79 bits per heavy atom. The Bertz CT molecular complexity index is 423. The number of carbonyl (C=O) groups excluding carboxylic acids is 1. The summed E-state index contributed by atoms with van der Waals surface area (Å²) in [5, 5.41) is 2.96. The Kier molecular flexibility index (Phi) is 4.83. The first kappa shape index (κ1) is 13.9. The van der Waals surface area contributed by atoms with Gasteiger partial charge in [0.05, 0.1) is 6.10 Å². The lowest BCUT2D eigenvalue weighted by Gasteiger charge is -2.12. The van der Waals surface area contributed by atoms with Crippen LogP contribution in [0.3, 0.4) is 0 Å². The van der Waals surface area contributed by atoms with Crippen LogP contribution in [-0.4, -0.2) is 12.0 Å².